The number of hydrogen-bond acceptors (Lipinski definition) is 3. The molecule has 0 saturated heterocycles. The molecule has 0 fully saturated rings. The van der Waals surface area contributed by atoms with Gasteiger partial charge < -0.3 is 9.30 Å². The summed E-state index contributed by atoms with van der Waals surface area (Å²) in [6, 6.07) is 6.74. The lowest BCUT2D eigenvalue weighted by atomic mass is 10.2. The maximum Gasteiger partial charge on any atom is 0.180 e. The smallest absolute Gasteiger partial charge is 0.180 e. The van der Waals surface area contributed by atoms with Gasteiger partial charge in [-0.1, -0.05) is 18.2 Å². The fourth-order valence-corrected chi connectivity index (χ4v) is 2.49. The van der Waals surface area contributed by atoms with Crippen LogP contribution in [-0.2, 0) is 6.54 Å². The number of benzene rings is 1. The van der Waals surface area contributed by atoms with Gasteiger partial charge in [0, 0.05) is 37.7 Å². The van der Waals surface area contributed by atoms with Crippen LogP contribution in [0.5, 0.6) is 0 Å². The van der Waals surface area contributed by atoms with E-state index in [0.717, 1.165) is 5.65 Å². The summed E-state index contributed by atoms with van der Waals surface area (Å²) < 4.78 is 16.3. The Balaban J connectivity index is 1.98. The number of aromatic nitrogens is 3. The van der Waals surface area contributed by atoms with Gasteiger partial charge in [0.05, 0.1) is 0 Å². The number of rotatable bonds is 3. The number of imidazole rings is 1. The van der Waals surface area contributed by atoms with Crippen LogP contribution in [0.1, 0.15) is 5.56 Å². The second-order valence-electron chi connectivity index (χ2n) is 4.49. The van der Waals surface area contributed by atoms with Gasteiger partial charge in [0.2, 0.25) is 0 Å². The highest BCUT2D eigenvalue weighted by molar-refractivity contribution is 9.10. The minimum absolute atomic E-state index is 0.214. The van der Waals surface area contributed by atoms with E-state index in [2.05, 4.69) is 25.9 Å². The van der Waals surface area contributed by atoms with Crippen LogP contribution in [0.15, 0.2) is 47.5 Å². The van der Waals surface area contributed by atoms with Gasteiger partial charge in [-0.15, -0.1) is 0 Å². The van der Waals surface area contributed by atoms with Crippen molar-refractivity contribution in [2.45, 2.75) is 6.54 Å². The number of hydrogen-bond donors (Lipinski definition) is 0. The Bertz CT molecular complexity index is 756. The SMILES string of the molecule is CN(Cc1ccccc1F)c1nc(Br)cn2ccnc12. The van der Waals surface area contributed by atoms with Gasteiger partial charge in [0.15, 0.2) is 11.5 Å². The molecule has 102 valence electrons. The Kier molecular flexibility index (Phi) is 3.40. The summed E-state index contributed by atoms with van der Waals surface area (Å²) >= 11 is 3.38. The van der Waals surface area contributed by atoms with Crippen LogP contribution in [0.2, 0.25) is 0 Å². The standard InChI is InChI=1S/C14H12BrFN4/c1-19(8-10-4-2-3-5-11(10)16)14-13-17-6-7-20(13)9-12(15)18-14/h2-7,9H,8H2,1H3. The minimum Gasteiger partial charge on any atom is -0.352 e. The van der Waals surface area contributed by atoms with Crippen molar-refractivity contribution in [2.75, 3.05) is 11.9 Å². The molecule has 0 N–H and O–H groups in total. The molecule has 0 aliphatic carbocycles. The van der Waals surface area contributed by atoms with Crippen LogP contribution in [0.3, 0.4) is 0 Å². The predicted octanol–water partition coefficient (Wildman–Crippen LogP) is 3.27. The van der Waals surface area contributed by atoms with Gasteiger partial charge in [0.1, 0.15) is 10.4 Å². The Morgan fingerprint density at radius 3 is 2.95 bits per heavy atom. The summed E-state index contributed by atoms with van der Waals surface area (Å²) in [5.74, 6) is 0.487. The molecule has 0 bridgehead atoms. The number of anilines is 1. The third kappa shape index (κ3) is 2.38. The lowest BCUT2D eigenvalue weighted by Crippen LogP contribution is -2.19. The highest BCUT2D eigenvalue weighted by atomic mass is 79.9. The van der Waals surface area contributed by atoms with Crippen molar-refractivity contribution >= 4 is 27.4 Å². The van der Waals surface area contributed by atoms with Crippen molar-refractivity contribution in [3.05, 3.63) is 58.8 Å². The molecule has 2 aromatic heterocycles. The predicted molar refractivity (Wildman–Crippen MR) is 79.2 cm³/mol. The van der Waals surface area contributed by atoms with E-state index < -0.39 is 0 Å². The van der Waals surface area contributed by atoms with E-state index in [-0.39, 0.29) is 5.82 Å². The van der Waals surface area contributed by atoms with E-state index in [1.807, 2.05) is 34.8 Å². The van der Waals surface area contributed by atoms with Crippen molar-refractivity contribution in [3.63, 3.8) is 0 Å². The van der Waals surface area contributed by atoms with E-state index in [9.17, 15) is 4.39 Å². The second kappa shape index (κ2) is 5.20. The molecule has 0 aliphatic rings. The van der Waals surface area contributed by atoms with Crippen LogP contribution in [0, 0.1) is 5.82 Å². The van der Waals surface area contributed by atoms with Crippen LogP contribution in [-0.4, -0.2) is 21.4 Å². The van der Waals surface area contributed by atoms with E-state index >= 15 is 0 Å². The zero-order valence-corrected chi connectivity index (χ0v) is 12.4. The topological polar surface area (TPSA) is 33.4 Å². The van der Waals surface area contributed by atoms with Crippen molar-refractivity contribution in [2.24, 2.45) is 0 Å². The Morgan fingerprint density at radius 2 is 2.15 bits per heavy atom. The highest BCUT2D eigenvalue weighted by Gasteiger charge is 2.13. The number of fused-ring (bicyclic) bond motifs is 1. The van der Waals surface area contributed by atoms with Crippen molar-refractivity contribution in [1.29, 1.82) is 0 Å². The minimum atomic E-state index is -0.214. The lowest BCUT2D eigenvalue weighted by molar-refractivity contribution is 0.607. The van der Waals surface area contributed by atoms with Crippen molar-refractivity contribution < 1.29 is 4.39 Å². The molecule has 0 amide bonds. The van der Waals surface area contributed by atoms with E-state index in [0.29, 0.717) is 22.5 Å². The largest absolute Gasteiger partial charge is 0.352 e. The summed E-state index contributed by atoms with van der Waals surface area (Å²) in [5.41, 5.74) is 1.37. The molecule has 0 saturated carbocycles. The average molecular weight is 335 g/mol. The summed E-state index contributed by atoms with van der Waals surface area (Å²) in [5, 5.41) is 0. The molecule has 0 unspecified atom stereocenters. The first kappa shape index (κ1) is 13.1. The van der Waals surface area contributed by atoms with Crippen LogP contribution >= 0.6 is 15.9 Å². The molecule has 0 spiro atoms. The normalized spacial score (nSPS) is 10.9. The first-order chi connectivity index (χ1) is 9.65. The molecule has 3 aromatic rings. The third-order valence-electron chi connectivity index (χ3n) is 3.05. The second-order valence-corrected chi connectivity index (χ2v) is 5.31. The first-order valence-corrected chi connectivity index (χ1v) is 6.88. The van der Waals surface area contributed by atoms with E-state index in [1.54, 1.807) is 18.3 Å². The van der Waals surface area contributed by atoms with Crippen molar-refractivity contribution in [3.8, 4) is 0 Å². The Hall–Kier alpha value is -1.95. The summed E-state index contributed by atoms with van der Waals surface area (Å²) in [4.78, 5) is 10.6. The Morgan fingerprint density at radius 1 is 1.35 bits per heavy atom. The number of nitrogens with zero attached hydrogens (tertiary/aromatic N) is 4. The molecular formula is C14H12BrFN4. The van der Waals surface area contributed by atoms with E-state index in [1.165, 1.54) is 6.07 Å². The molecule has 6 heteroatoms. The lowest BCUT2D eigenvalue weighted by Gasteiger charge is -2.19. The monoisotopic (exact) mass is 334 g/mol. The summed E-state index contributed by atoms with van der Waals surface area (Å²) in [7, 11) is 1.87. The van der Waals surface area contributed by atoms with Crippen LogP contribution in [0.25, 0.3) is 5.65 Å². The van der Waals surface area contributed by atoms with Gasteiger partial charge in [-0.05, 0) is 22.0 Å². The van der Waals surface area contributed by atoms with Gasteiger partial charge in [0.25, 0.3) is 0 Å². The molecule has 1 aromatic carbocycles. The van der Waals surface area contributed by atoms with E-state index in [4.69, 9.17) is 0 Å². The maximum atomic E-state index is 13.7. The third-order valence-corrected chi connectivity index (χ3v) is 3.44. The molecule has 3 rings (SSSR count). The maximum absolute atomic E-state index is 13.7. The van der Waals surface area contributed by atoms with Crippen LogP contribution in [0.4, 0.5) is 10.2 Å². The zero-order chi connectivity index (χ0) is 14.1. The van der Waals surface area contributed by atoms with Crippen molar-refractivity contribution in [1.82, 2.24) is 14.4 Å². The molecule has 0 radical (unpaired) electrons. The average Bonchev–Trinajstić information content (AvgIpc) is 2.88. The summed E-state index contributed by atoms with van der Waals surface area (Å²) in [6.45, 7) is 0.429. The van der Waals surface area contributed by atoms with Crippen LogP contribution < -0.4 is 4.90 Å². The molecular weight excluding hydrogens is 323 g/mol. The number of halogens is 2. The summed E-state index contributed by atoms with van der Waals surface area (Å²) in [6.07, 6.45) is 5.40. The molecule has 20 heavy (non-hydrogen) atoms. The van der Waals surface area contributed by atoms with Gasteiger partial charge in [-0.2, -0.15) is 0 Å². The highest BCUT2D eigenvalue weighted by Crippen LogP contribution is 2.22. The molecule has 0 atom stereocenters. The van der Waals surface area contributed by atoms with Gasteiger partial charge in [-0.25, -0.2) is 14.4 Å². The fraction of sp³-hybridized carbons (Fsp3) is 0.143. The van der Waals surface area contributed by atoms with Gasteiger partial charge >= 0.3 is 0 Å². The zero-order valence-electron chi connectivity index (χ0n) is 10.8. The fourth-order valence-electron chi connectivity index (χ4n) is 2.10. The quantitative estimate of drug-likeness (QED) is 0.737. The molecule has 4 nitrogen and oxygen atoms in total. The van der Waals surface area contributed by atoms with Gasteiger partial charge in [-0.3, -0.25) is 0 Å². The Labute approximate surface area is 124 Å². The molecule has 2 heterocycles. The molecule has 0 aliphatic heterocycles. The first-order valence-electron chi connectivity index (χ1n) is 6.09.